The van der Waals surface area contributed by atoms with Gasteiger partial charge in [-0.2, -0.15) is 0 Å². The van der Waals surface area contributed by atoms with Crippen LogP contribution in [0.2, 0.25) is 0 Å². The third kappa shape index (κ3) is 3.14. The van der Waals surface area contributed by atoms with Crippen molar-refractivity contribution < 1.29 is 15.0 Å². The van der Waals surface area contributed by atoms with Crippen molar-refractivity contribution in [2.24, 2.45) is 5.73 Å². The van der Waals surface area contributed by atoms with E-state index in [1.165, 1.54) is 12.4 Å². The second kappa shape index (κ2) is 5.38. The fourth-order valence-corrected chi connectivity index (χ4v) is 1.16. The minimum Gasteiger partial charge on any atom is -0.390 e. The van der Waals surface area contributed by atoms with Crippen LogP contribution < -0.4 is 11.1 Å². The molecule has 88 valence electrons. The van der Waals surface area contributed by atoms with E-state index in [1.807, 2.05) is 0 Å². The van der Waals surface area contributed by atoms with Gasteiger partial charge >= 0.3 is 0 Å². The monoisotopic (exact) mass is 226 g/mol. The predicted octanol–water partition coefficient (Wildman–Crippen LogP) is -1.21. The molecular weight excluding hydrogens is 212 g/mol. The molecule has 1 aromatic heterocycles. The number of primary amides is 1. The molecule has 0 saturated heterocycles. The Morgan fingerprint density at radius 1 is 1.50 bits per heavy atom. The highest BCUT2D eigenvalue weighted by Crippen LogP contribution is 2.17. The van der Waals surface area contributed by atoms with Crippen LogP contribution in [0.1, 0.15) is 18.1 Å². The molecule has 0 radical (unpaired) electrons. The van der Waals surface area contributed by atoms with Crippen molar-refractivity contribution in [3.63, 3.8) is 0 Å². The maximum atomic E-state index is 10.6. The molecule has 1 aromatic rings. The molecule has 7 nitrogen and oxygen atoms in total. The number of carbonyl (C=O) groups excluding carboxylic acids is 1. The summed E-state index contributed by atoms with van der Waals surface area (Å²) < 4.78 is 0. The predicted molar refractivity (Wildman–Crippen MR) is 56.4 cm³/mol. The summed E-state index contributed by atoms with van der Waals surface area (Å²) in [5, 5.41) is 21.8. The first-order valence-corrected chi connectivity index (χ1v) is 4.68. The topological polar surface area (TPSA) is 121 Å². The van der Waals surface area contributed by atoms with Gasteiger partial charge in [-0.1, -0.05) is 0 Å². The number of rotatable bonds is 5. The summed E-state index contributed by atoms with van der Waals surface area (Å²) in [5.74, 6) is -0.278. The molecule has 1 rings (SSSR count). The molecule has 0 spiro atoms. The van der Waals surface area contributed by atoms with Gasteiger partial charge in [-0.25, -0.2) is 9.97 Å². The lowest BCUT2D eigenvalue weighted by Crippen LogP contribution is -2.25. The molecule has 0 fully saturated rings. The minimum atomic E-state index is -1.25. The number of hydrogen-bond acceptors (Lipinski definition) is 6. The van der Waals surface area contributed by atoms with Crippen molar-refractivity contribution in [1.82, 2.24) is 9.97 Å². The van der Waals surface area contributed by atoms with E-state index in [4.69, 9.17) is 5.73 Å². The molecular formula is C9H14N4O3. The summed E-state index contributed by atoms with van der Waals surface area (Å²) in [6.07, 6.45) is -0.0453. The molecule has 0 aliphatic heterocycles. The lowest BCUT2D eigenvalue weighted by molar-refractivity contribution is -0.121. The molecule has 0 aliphatic rings. The first-order valence-electron chi connectivity index (χ1n) is 4.68. The van der Waals surface area contributed by atoms with Crippen molar-refractivity contribution in [1.29, 1.82) is 0 Å². The number of nitrogens with one attached hydrogen (secondary N) is 1. The highest BCUT2D eigenvalue weighted by Gasteiger charge is 2.20. The SMILES string of the molecule is CNc1ncc(C(O)C(O)CC(N)=O)cn1. The largest absolute Gasteiger partial charge is 0.390 e. The number of aliphatic hydroxyl groups is 2. The Morgan fingerprint density at radius 3 is 2.50 bits per heavy atom. The Hall–Kier alpha value is -1.73. The van der Waals surface area contributed by atoms with Crippen LogP contribution in [0.15, 0.2) is 12.4 Å². The van der Waals surface area contributed by atoms with E-state index in [-0.39, 0.29) is 6.42 Å². The first kappa shape index (κ1) is 12.3. The van der Waals surface area contributed by atoms with E-state index in [2.05, 4.69) is 15.3 Å². The van der Waals surface area contributed by atoms with Gasteiger partial charge in [0.1, 0.15) is 6.10 Å². The Kier molecular flexibility index (Phi) is 4.15. The Bertz CT molecular complexity index is 354. The number of hydrogen-bond donors (Lipinski definition) is 4. The van der Waals surface area contributed by atoms with E-state index >= 15 is 0 Å². The third-order valence-corrected chi connectivity index (χ3v) is 2.01. The summed E-state index contributed by atoms with van der Waals surface area (Å²) in [7, 11) is 1.66. The molecule has 1 heterocycles. The fraction of sp³-hybridized carbons (Fsp3) is 0.444. The zero-order valence-corrected chi connectivity index (χ0v) is 8.79. The van der Waals surface area contributed by atoms with E-state index in [0.29, 0.717) is 11.5 Å². The van der Waals surface area contributed by atoms with Crippen LogP contribution >= 0.6 is 0 Å². The number of carbonyl (C=O) groups is 1. The Labute approximate surface area is 92.3 Å². The summed E-state index contributed by atoms with van der Waals surface area (Å²) in [6.45, 7) is 0. The number of anilines is 1. The van der Waals surface area contributed by atoms with Crippen LogP contribution in [0.3, 0.4) is 0 Å². The standard InChI is InChI=1S/C9H14N4O3/c1-11-9-12-3-5(4-13-9)8(16)6(14)2-7(10)15/h3-4,6,8,14,16H,2H2,1H3,(H2,10,15)(H,11,12,13). The zero-order chi connectivity index (χ0) is 12.1. The molecule has 0 aliphatic carbocycles. The van der Waals surface area contributed by atoms with Crippen LogP contribution in [0.25, 0.3) is 0 Å². The van der Waals surface area contributed by atoms with Crippen LogP contribution in [-0.4, -0.2) is 39.2 Å². The number of aliphatic hydroxyl groups excluding tert-OH is 2. The quantitative estimate of drug-likeness (QED) is 0.499. The lowest BCUT2D eigenvalue weighted by atomic mass is 10.1. The number of nitrogens with two attached hydrogens (primary N) is 1. The number of amides is 1. The average Bonchev–Trinajstić information content (AvgIpc) is 2.27. The Morgan fingerprint density at radius 2 is 2.06 bits per heavy atom. The zero-order valence-electron chi connectivity index (χ0n) is 8.79. The van der Waals surface area contributed by atoms with Crippen molar-refractivity contribution in [2.75, 3.05) is 12.4 Å². The van der Waals surface area contributed by atoms with Gasteiger partial charge in [-0.3, -0.25) is 4.79 Å². The molecule has 0 saturated carbocycles. The fourth-order valence-electron chi connectivity index (χ4n) is 1.16. The van der Waals surface area contributed by atoms with Gasteiger partial charge in [0.25, 0.3) is 0 Å². The van der Waals surface area contributed by atoms with E-state index < -0.39 is 18.1 Å². The minimum absolute atomic E-state index is 0.311. The summed E-state index contributed by atoms with van der Waals surface area (Å²) in [4.78, 5) is 18.3. The maximum absolute atomic E-state index is 10.6. The number of aromatic nitrogens is 2. The Balaban J connectivity index is 2.71. The molecule has 2 unspecified atom stereocenters. The first-order chi connectivity index (χ1) is 7.54. The van der Waals surface area contributed by atoms with Crippen molar-refractivity contribution in [2.45, 2.75) is 18.6 Å². The third-order valence-electron chi connectivity index (χ3n) is 2.01. The molecule has 0 bridgehead atoms. The highest BCUT2D eigenvalue weighted by atomic mass is 16.3. The van der Waals surface area contributed by atoms with Crippen molar-refractivity contribution in [3.8, 4) is 0 Å². The molecule has 16 heavy (non-hydrogen) atoms. The maximum Gasteiger partial charge on any atom is 0.222 e. The van der Waals surface area contributed by atoms with Gasteiger partial charge in [0.2, 0.25) is 11.9 Å². The van der Waals surface area contributed by atoms with Gasteiger partial charge in [0, 0.05) is 25.0 Å². The van der Waals surface area contributed by atoms with Gasteiger partial charge < -0.3 is 21.3 Å². The molecule has 7 heteroatoms. The molecule has 0 aromatic carbocycles. The van der Waals surface area contributed by atoms with Crippen molar-refractivity contribution in [3.05, 3.63) is 18.0 Å². The smallest absolute Gasteiger partial charge is 0.222 e. The van der Waals surface area contributed by atoms with E-state index in [0.717, 1.165) is 0 Å². The van der Waals surface area contributed by atoms with Gasteiger partial charge in [-0.05, 0) is 0 Å². The van der Waals surface area contributed by atoms with E-state index in [1.54, 1.807) is 7.05 Å². The molecule has 1 amide bonds. The van der Waals surface area contributed by atoms with Crippen LogP contribution in [0, 0.1) is 0 Å². The molecule has 5 N–H and O–H groups in total. The second-order valence-electron chi connectivity index (χ2n) is 3.27. The average molecular weight is 226 g/mol. The summed E-state index contributed by atoms with van der Waals surface area (Å²) in [5.41, 5.74) is 5.23. The highest BCUT2D eigenvalue weighted by molar-refractivity contribution is 5.74. The van der Waals surface area contributed by atoms with Gasteiger partial charge in [0.05, 0.1) is 12.5 Å². The molecule has 2 atom stereocenters. The van der Waals surface area contributed by atoms with Crippen LogP contribution in [0.4, 0.5) is 5.95 Å². The normalized spacial score (nSPS) is 14.2. The van der Waals surface area contributed by atoms with Crippen LogP contribution in [0.5, 0.6) is 0 Å². The second-order valence-corrected chi connectivity index (χ2v) is 3.27. The number of nitrogens with zero attached hydrogens (tertiary/aromatic N) is 2. The van der Waals surface area contributed by atoms with E-state index in [9.17, 15) is 15.0 Å². The summed E-state index contributed by atoms with van der Waals surface area (Å²) >= 11 is 0. The van der Waals surface area contributed by atoms with Crippen LogP contribution in [-0.2, 0) is 4.79 Å². The summed E-state index contributed by atoms with van der Waals surface area (Å²) in [6, 6.07) is 0. The van der Waals surface area contributed by atoms with Crippen molar-refractivity contribution >= 4 is 11.9 Å². The van der Waals surface area contributed by atoms with Gasteiger partial charge in [0.15, 0.2) is 0 Å². The van der Waals surface area contributed by atoms with Gasteiger partial charge in [-0.15, -0.1) is 0 Å². The lowest BCUT2D eigenvalue weighted by Gasteiger charge is -2.16.